The van der Waals surface area contributed by atoms with E-state index in [1.807, 2.05) is 18.2 Å². The molecule has 0 saturated carbocycles. The van der Waals surface area contributed by atoms with E-state index in [0.29, 0.717) is 5.52 Å². The summed E-state index contributed by atoms with van der Waals surface area (Å²) in [6, 6.07) is 16.9. The Balaban J connectivity index is 1.97. The normalized spacial score (nSPS) is 14.2. The zero-order valence-electron chi connectivity index (χ0n) is 13.2. The van der Waals surface area contributed by atoms with Gasteiger partial charge in [-0.1, -0.05) is 24.3 Å². The summed E-state index contributed by atoms with van der Waals surface area (Å²) >= 11 is 0. The van der Waals surface area contributed by atoms with Gasteiger partial charge in [0, 0.05) is 17.6 Å². The lowest BCUT2D eigenvalue weighted by Crippen LogP contribution is -2.23. The largest absolute Gasteiger partial charge is 0.363 e. The van der Waals surface area contributed by atoms with E-state index in [2.05, 4.69) is 39.1 Å². The van der Waals surface area contributed by atoms with Gasteiger partial charge < -0.3 is 10.6 Å². The molecule has 0 fully saturated rings. The summed E-state index contributed by atoms with van der Waals surface area (Å²) in [7, 11) is 0. The summed E-state index contributed by atoms with van der Waals surface area (Å²) in [5, 5.41) is 0.874. The van der Waals surface area contributed by atoms with Crippen molar-refractivity contribution in [3.05, 3.63) is 59.9 Å². The number of aryl methyl sites for hydroxylation is 1. The molecular formula is C19H17N4O. The van der Waals surface area contributed by atoms with E-state index in [-0.39, 0.29) is 5.82 Å². The smallest absolute Gasteiger partial charge is 0.286 e. The van der Waals surface area contributed by atoms with Crippen LogP contribution in [0.25, 0.3) is 10.9 Å². The van der Waals surface area contributed by atoms with Crippen LogP contribution in [0.15, 0.2) is 42.5 Å². The van der Waals surface area contributed by atoms with E-state index in [1.54, 1.807) is 6.07 Å². The lowest BCUT2D eigenvalue weighted by molar-refractivity contribution is 0.0991. The zero-order valence-corrected chi connectivity index (χ0v) is 13.2. The molecule has 0 bridgehead atoms. The Bertz CT molecular complexity index is 922. The molecule has 1 aliphatic rings. The van der Waals surface area contributed by atoms with Crippen molar-refractivity contribution >= 4 is 28.3 Å². The van der Waals surface area contributed by atoms with Gasteiger partial charge in [0.1, 0.15) is 5.82 Å². The van der Waals surface area contributed by atoms with Crippen molar-refractivity contribution < 1.29 is 4.79 Å². The molecule has 2 N–H and O–H groups in total. The number of para-hydroxylation sites is 1. The molecule has 4 rings (SSSR count). The van der Waals surface area contributed by atoms with Crippen LogP contribution in [0.1, 0.15) is 29.0 Å². The minimum atomic E-state index is -0.617. The quantitative estimate of drug-likeness (QED) is 0.788. The molecule has 24 heavy (non-hydrogen) atoms. The van der Waals surface area contributed by atoms with Crippen LogP contribution in [0.3, 0.4) is 0 Å². The number of rotatable bonds is 2. The van der Waals surface area contributed by atoms with Crippen LogP contribution in [-0.2, 0) is 6.42 Å². The van der Waals surface area contributed by atoms with E-state index >= 15 is 0 Å². The van der Waals surface area contributed by atoms with Crippen LogP contribution in [-0.4, -0.2) is 22.4 Å². The number of nitrogens with two attached hydrogens (primary N) is 1. The van der Waals surface area contributed by atoms with E-state index in [0.717, 1.165) is 42.7 Å². The highest BCUT2D eigenvalue weighted by Crippen LogP contribution is 2.34. The van der Waals surface area contributed by atoms with Crippen LogP contribution in [0.5, 0.6) is 0 Å². The van der Waals surface area contributed by atoms with Gasteiger partial charge in [-0.05, 0) is 49.1 Å². The summed E-state index contributed by atoms with van der Waals surface area (Å²) in [4.78, 5) is 22.6. The second-order valence-electron chi connectivity index (χ2n) is 5.92. The van der Waals surface area contributed by atoms with Gasteiger partial charge in [0.25, 0.3) is 5.91 Å². The number of hydrogen-bond donors (Lipinski definition) is 1. The minimum absolute atomic E-state index is 0.0467. The first kappa shape index (κ1) is 14.6. The molecule has 2 heterocycles. The Labute approximate surface area is 140 Å². The molecule has 1 amide bonds. The van der Waals surface area contributed by atoms with Crippen LogP contribution in [0.2, 0.25) is 0 Å². The average Bonchev–Trinajstić information content (AvgIpc) is 2.83. The first-order chi connectivity index (χ1) is 11.7. The van der Waals surface area contributed by atoms with Gasteiger partial charge in [0.05, 0.1) is 5.52 Å². The van der Waals surface area contributed by atoms with E-state index in [1.165, 1.54) is 5.56 Å². The van der Waals surface area contributed by atoms with Gasteiger partial charge in [-0.3, -0.25) is 4.79 Å². The van der Waals surface area contributed by atoms with E-state index < -0.39 is 5.91 Å². The summed E-state index contributed by atoms with van der Waals surface area (Å²) in [6.45, 7) is 0.843. The van der Waals surface area contributed by atoms with Gasteiger partial charge in [0.2, 0.25) is 5.82 Å². The predicted molar refractivity (Wildman–Crippen MR) is 93.3 cm³/mol. The lowest BCUT2D eigenvalue weighted by Gasteiger charge is -2.25. The number of hydrogen-bond acceptors (Lipinski definition) is 4. The summed E-state index contributed by atoms with van der Waals surface area (Å²) in [6.07, 6.45) is 3.23. The van der Waals surface area contributed by atoms with Crippen molar-refractivity contribution in [2.24, 2.45) is 5.73 Å². The van der Waals surface area contributed by atoms with Crippen molar-refractivity contribution in [2.75, 3.05) is 11.4 Å². The third-order valence-electron chi connectivity index (χ3n) is 4.36. The second-order valence-corrected chi connectivity index (χ2v) is 5.92. The van der Waals surface area contributed by atoms with Crippen molar-refractivity contribution in [1.82, 2.24) is 9.97 Å². The number of nitrogens with zero attached hydrogens (tertiary/aromatic N) is 3. The maximum Gasteiger partial charge on any atom is 0.286 e. The molecule has 1 aromatic heterocycles. The molecule has 119 valence electrons. The molecule has 3 aromatic rings. The van der Waals surface area contributed by atoms with Gasteiger partial charge >= 0.3 is 0 Å². The monoisotopic (exact) mass is 317 g/mol. The number of anilines is 2. The average molecular weight is 317 g/mol. The van der Waals surface area contributed by atoms with Gasteiger partial charge in [-0.25, -0.2) is 9.97 Å². The van der Waals surface area contributed by atoms with Gasteiger partial charge in [0.15, 0.2) is 0 Å². The Hall–Kier alpha value is -2.95. The standard InChI is InChI=1S/C19H17N4O/c20-17(24)18-21-15-10-3-2-9-14(15)19(22-18)23-12-6-5-8-13-7-1-4-11-16(13)23/h1,3-4,7,9-11H,5-6,8,12H2,(H2,20,24). The fourth-order valence-corrected chi connectivity index (χ4v) is 3.23. The molecule has 0 aliphatic carbocycles. The molecule has 2 aromatic carbocycles. The van der Waals surface area contributed by atoms with Crippen molar-refractivity contribution in [3.8, 4) is 0 Å². The zero-order chi connectivity index (χ0) is 16.5. The molecule has 5 heteroatoms. The summed E-state index contributed by atoms with van der Waals surface area (Å²) in [5.41, 5.74) is 8.57. The number of benzene rings is 2. The van der Waals surface area contributed by atoms with Crippen molar-refractivity contribution in [2.45, 2.75) is 19.3 Å². The lowest BCUT2D eigenvalue weighted by atomic mass is 10.1. The van der Waals surface area contributed by atoms with E-state index in [4.69, 9.17) is 5.73 Å². The highest BCUT2D eigenvalue weighted by atomic mass is 16.1. The fraction of sp³-hybridized carbons (Fsp3) is 0.211. The highest BCUT2D eigenvalue weighted by molar-refractivity contribution is 5.97. The molecule has 0 atom stereocenters. The summed E-state index contributed by atoms with van der Waals surface area (Å²) < 4.78 is 0. The number of primary amides is 1. The number of carbonyl (C=O) groups excluding carboxylic acids is 1. The molecule has 0 unspecified atom stereocenters. The number of aromatic nitrogens is 2. The number of amides is 1. The SMILES string of the molecule is NC(=O)c1nc(N2CCCCc3ccccc32)c2c[c]ccc2n1. The fourth-order valence-electron chi connectivity index (χ4n) is 3.23. The Morgan fingerprint density at radius 2 is 2.04 bits per heavy atom. The molecule has 5 nitrogen and oxygen atoms in total. The van der Waals surface area contributed by atoms with Crippen molar-refractivity contribution in [1.29, 1.82) is 0 Å². The highest BCUT2D eigenvalue weighted by Gasteiger charge is 2.21. The second kappa shape index (κ2) is 5.92. The Morgan fingerprint density at radius 3 is 2.92 bits per heavy atom. The maximum atomic E-state index is 11.7. The van der Waals surface area contributed by atoms with Crippen molar-refractivity contribution in [3.63, 3.8) is 0 Å². The third kappa shape index (κ3) is 2.48. The molecule has 1 radical (unpaired) electrons. The van der Waals surface area contributed by atoms with Crippen LogP contribution in [0, 0.1) is 6.07 Å². The minimum Gasteiger partial charge on any atom is -0.363 e. The topological polar surface area (TPSA) is 72.1 Å². The first-order valence-corrected chi connectivity index (χ1v) is 8.07. The summed E-state index contributed by atoms with van der Waals surface area (Å²) in [5.74, 6) is 0.152. The third-order valence-corrected chi connectivity index (χ3v) is 4.36. The Kier molecular flexibility index (Phi) is 3.61. The predicted octanol–water partition coefficient (Wildman–Crippen LogP) is 3.00. The van der Waals surface area contributed by atoms with E-state index in [9.17, 15) is 4.79 Å². The molecule has 1 aliphatic heterocycles. The van der Waals surface area contributed by atoms with Crippen LogP contribution < -0.4 is 10.6 Å². The molecule has 0 saturated heterocycles. The molecular weight excluding hydrogens is 300 g/mol. The maximum absolute atomic E-state index is 11.7. The number of carbonyl (C=O) groups is 1. The molecule has 0 spiro atoms. The Morgan fingerprint density at radius 1 is 1.17 bits per heavy atom. The van der Waals surface area contributed by atoms with Gasteiger partial charge in [-0.2, -0.15) is 0 Å². The van der Waals surface area contributed by atoms with Crippen LogP contribution >= 0.6 is 0 Å². The number of fused-ring (bicyclic) bond motifs is 2. The van der Waals surface area contributed by atoms with Crippen LogP contribution in [0.4, 0.5) is 11.5 Å². The first-order valence-electron chi connectivity index (χ1n) is 8.07. The van der Waals surface area contributed by atoms with Gasteiger partial charge in [-0.15, -0.1) is 0 Å².